The summed E-state index contributed by atoms with van der Waals surface area (Å²) in [6, 6.07) is 2.47. The van der Waals surface area contributed by atoms with Crippen LogP contribution in [0.15, 0.2) is 0 Å². The minimum absolute atomic E-state index is 0.0833. The lowest BCUT2D eigenvalue weighted by Crippen LogP contribution is -2.47. The summed E-state index contributed by atoms with van der Waals surface area (Å²) >= 11 is 1.87. The molecule has 4 nitrogen and oxygen atoms in total. The molecule has 2 rings (SSSR count). The Bertz CT molecular complexity index is 347. The molecule has 2 fully saturated rings. The van der Waals surface area contributed by atoms with Gasteiger partial charge >= 0.3 is 0 Å². The largest absolute Gasteiger partial charge is 0.381 e. The van der Waals surface area contributed by atoms with Crippen LogP contribution >= 0.6 is 11.8 Å². The molecule has 1 heterocycles. The van der Waals surface area contributed by atoms with Crippen molar-refractivity contribution in [3.63, 3.8) is 0 Å². The van der Waals surface area contributed by atoms with E-state index in [4.69, 9.17) is 4.74 Å². The molecule has 1 saturated heterocycles. The molecule has 1 saturated carbocycles. The zero-order valence-electron chi connectivity index (χ0n) is 10.8. The minimum atomic E-state index is -0.851. The average molecular weight is 268 g/mol. The topological polar surface area (TPSA) is 62.1 Å². The Balaban J connectivity index is 1.92. The van der Waals surface area contributed by atoms with E-state index in [0.29, 0.717) is 31.3 Å². The number of nitriles is 1. The van der Waals surface area contributed by atoms with Crippen molar-refractivity contribution in [3.8, 4) is 6.07 Å². The molecule has 2 unspecified atom stereocenters. The smallest absolute Gasteiger partial charge is 0.240 e. The van der Waals surface area contributed by atoms with E-state index in [1.54, 1.807) is 0 Å². The third-order valence-corrected chi connectivity index (χ3v) is 5.14. The van der Waals surface area contributed by atoms with E-state index >= 15 is 0 Å². The number of rotatable bonds is 3. The normalized spacial score (nSPS) is 30.7. The Morgan fingerprint density at radius 3 is 2.72 bits per heavy atom. The molecule has 0 spiro atoms. The van der Waals surface area contributed by atoms with Crippen molar-refractivity contribution in [2.45, 2.75) is 43.4 Å². The van der Waals surface area contributed by atoms with E-state index in [-0.39, 0.29) is 11.9 Å². The zero-order valence-corrected chi connectivity index (χ0v) is 11.6. The molecular formula is C13H20N2O2S. The highest BCUT2D eigenvalue weighted by Gasteiger charge is 2.41. The van der Waals surface area contributed by atoms with Crippen LogP contribution in [0, 0.1) is 16.7 Å². The molecule has 1 aliphatic heterocycles. The van der Waals surface area contributed by atoms with Gasteiger partial charge in [0.05, 0.1) is 6.07 Å². The third-order valence-electron chi connectivity index (χ3n) is 4.05. The monoisotopic (exact) mass is 268 g/mol. The van der Waals surface area contributed by atoms with Crippen LogP contribution in [0.1, 0.15) is 32.1 Å². The van der Waals surface area contributed by atoms with Gasteiger partial charge in [-0.25, -0.2) is 0 Å². The summed E-state index contributed by atoms with van der Waals surface area (Å²) in [7, 11) is 0. The molecule has 100 valence electrons. The van der Waals surface area contributed by atoms with Gasteiger partial charge in [0, 0.05) is 24.5 Å². The van der Waals surface area contributed by atoms with Crippen molar-refractivity contribution < 1.29 is 9.53 Å². The number of hydrogen-bond donors (Lipinski definition) is 1. The fourth-order valence-corrected chi connectivity index (χ4v) is 3.51. The lowest BCUT2D eigenvalue weighted by atomic mass is 9.80. The van der Waals surface area contributed by atoms with Gasteiger partial charge < -0.3 is 10.1 Å². The highest BCUT2D eigenvalue weighted by atomic mass is 32.2. The van der Waals surface area contributed by atoms with Crippen LogP contribution in [0.4, 0.5) is 0 Å². The van der Waals surface area contributed by atoms with Gasteiger partial charge in [-0.3, -0.25) is 4.79 Å². The number of ether oxygens (including phenoxy) is 1. The van der Waals surface area contributed by atoms with Gasteiger partial charge in [-0.2, -0.15) is 17.0 Å². The summed E-state index contributed by atoms with van der Waals surface area (Å²) < 4.78 is 5.25. The predicted octanol–water partition coefficient (Wildman–Crippen LogP) is 1.71. The van der Waals surface area contributed by atoms with E-state index in [2.05, 4.69) is 17.6 Å². The van der Waals surface area contributed by atoms with Crippen LogP contribution in [-0.4, -0.2) is 36.7 Å². The number of nitrogens with one attached hydrogen (secondary N) is 1. The van der Waals surface area contributed by atoms with Gasteiger partial charge in [0.1, 0.15) is 5.41 Å². The molecule has 2 atom stereocenters. The molecule has 0 aromatic carbocycles. The van der Waals surface area contributed by atoms with Crippen LogP contribution in [0.3, 0.4) is 0 Å². The summed E-state index contributed by atoms with van der Waals surface area (Å²) in [4.78, 5) is 12.3. The predicted molar refractivity (Wildman–Crippen MR) is 71.2 cm³/mol. The molecule has 18 heavy (non-hydrogen) atoms. The lowest BCUT2D eigenvalue weighted by molar-refractivity contribution is -0.133. The molecule has 0 bridgehead atoms. The first-order valence-electron chi connectivity index (χ1n) is 6.53. The second-order valence-corrected chi connectivity index (χ2v) is 6.29. The van der Waals surface area contributed by atoms with Crippen molar-refractivity contribution in [1.82, 2.24) is 5.32 Å². The Kier molecular flexibility index (Phi) is 4.52. The molecular weight excluding hydrogens is 248 g/mol. The van der Waals surface area contributed by atoms with Gasteiger partial charge in [-0.15, -0.1) is 0 Å². The van der Waals surface area contributed by atoms with Gasteiger partial charge in [0.2, 0.25) is 5.91 Å². The summed E-state index contributed by atoms with van der Waals surface area (Å²) in [5.41, 5.74) is -0.851. The standard InChI is InChI=1S/C13H20N2O2S/c1-18-11-3-2-10(8-11)15-12(16)13(9-14)4-6-17-7-5-13/h10-11H,2-8H2,1H3,(H,15,16). The van der Waals surface area contributed by atoms with Crippen LogP contribution in [-0.2, 0) is 9.53 Å². The summed E-state index contributed by atoms with van der Waals surface area (Å²) in [6.45, 7) is 1.03. The van der Waals surface area contributed by atoms with E-state index in [9.17, 15) is 10.1 Å². The highest BCUT2D eigenvalue weighted by molar-refractivity contribution is 7.99. The SMILES string of the molecule is CSC1CCC(NC(=O)C2(C#N)CCOCC2)C1. The number of hydrogen-bond acceptors (Lipinski definition) is 4. The molecule has 1 aliphatic carbocycles. The summed E-state index contributed by atoms with van der Waals surface area (Å²) in [5, 5.41) is 13.0. The molecule has 2 aliphatic rings. The molecule has 1 N–H and O–H groups in total. The van der Waals surface area contributed by atoms with Crippen LogP contribution in [0.25, 0.3) is 0 Å². The van der Waals surface area contributed by atoms with Crippen molar-refractivity contribution in [1.29, 1.82) is 5.26 Å². The second-order valence-electron chi connectivity index (χ2n) is 5.15. The number of nitrogens with zero attached hydrogens (tertiary/aromatic N) is 1. The molecule has 0 aromatic rings. The number of carbonyl (C=O) groups excluding carboxylic acids is 1. The first-order valence-corrected chi connectivity index (χ1v) is 7.82. The highest BCUT2D eigenvalue weighted by Crippen LogP contribution is 2.32. The van der Waals surface area contributed by atoms with Crippen LogP contribution in [0.2, 0.25) is 0 Å². The molecule has 0 radical (unpaired) electrons. The van der Waals surface area contributed by atoms with E-state index in [1.165, 1.54) is 0 Å². The molecule has 5 heteroatoms. The van der Waals surface area contributed by atoms with Gasteiger partial charge in [-0.1, -0.05) is 0 Å². The maximum atomic E-state index is 12.3. The second kappa shape index (κ2) is 5.94. The maximum Gasteiger partial charge on any atom is 0.240 e. The van der Waals surface area contributed by atoms with Gasteiger partial charge in [0.25, 0.3) is 0 Å². The first-order chi connectivity index (χ1) is 8.70. The van der Waals surface area contributed by atoms with E-state index in [1.807, 2.05) is 11.8 Å². The molecule has 1 amide bonds. The first kappa shape index (κ1) is 13.7. The van der Waals surface area contributed by atoms with Crippen molar-refractivity contribution in [2.24, 2.45) is 5.41 Å². The third kappa shape index (κ3) is 2.81. The summed E-state index contributed by atoms with van der Waals surface area (Å²) in [6.07, 6.45) is 6.39. The van der Waals surface area contributed by atoms with Gasteiger partial charge in [-0.05, 0) is 38.4 Å². The maximum absolute atomic E-state index is 12.3. The van der Waals surface area contributed by atoms with E-state index in [0.717, 1.165) is 19.3 Å². The van der Waals surface area contributed by atoms with Gasteiger partial charge in [0.15, 0.2) is 0 Å². The quantitative estimate of drug-likeness (QED) is 0.846. The summed E-state index contributed by atoms with van der Waals surface area (Å²) in [5.74, 6) is -0.0833. The van der Waals surface area contributed by atoms with Crippen LogP contribution in [0.5, 0.6) is 0 Å². The fourth-order valence-electron chi connectivity index (χ4n) is 2.72. The number of thioether (sulfide) groups is 1. The van der Waals surface area contributed by atoms with E-state index < -0.39 is 5.41 Å². The lowest BCUT2D eigenvalue weighted by Gasteiger charge is -2.30. The minimum Gasteiger partial charge on any atom is -0.381 e. The Labute approximate surface area is 112 Å². The Morgan fingerprint density at radius 2 is 2.17 bits per heavy atom. The van der Waals surface area contributed by atoms with Crippen molar-refractivity contribution in [3.05, 3.63) is 0 Å². The van der Waals surface area contributed by atoms with Crippen molar-refractivity contribution >= 4 is 17.7 Å². The molecule has 0 aromatic heterocycles. The average Bonchev–Trinajstić information content (AvgIpc) is 2.87. The number of amides is 1. The fraction of sp³-hybridized carbons (Fsp3) is 0.846. The van der Waals surface area contributed by atoms with Crippen LogP contribution < -0.4 is 5.32 Å². The van der Waals surface area contributed by atoms with Crippen molar-refractivity contribution in [2.75, 3.05) is 19.5 Å². The number of carbonyl (C=O) groups is 1. The Hall–Kier alpha value is -0.730. The Morgan fingerprint density at radius 1 is 1.44 bits per heavy atom. The zero-order chi connectivity index (χ0) is 13.0.